The molecule has 1 aromatic heterocycles. The predicted molar refractivity (Wildman–Crippen MR) is 73.6 cm³/mol. The lowest BCUT2D eigenvalue weighted by Gasteiger charge is -2.12. The molecule has 2 rings (SSSR count). The van der Waals surface area contributed by atoms with Gasteiger partial charge in [0.05, 0.1) is 6.10 Å². The third kappa shape index (κ3) is 3.42. The SMILES string of the molecule is Cc1ccc(C)c(CC(O)Cc2cccs2)c1. The van der Waals surface area contributed by atoms with Crippen molar-refractivity contribution in [3.8, 4) is 0 Å². The molecular weight excluding hydrogens is 228 g/mol. The number of aryl methyl sites for hydroxylation is 2. The van der Waals surface area contributed by atoms with Gasteiger partial charge in [0.1, 0.15) is 0 Å². The molecule has 1 nitrogen and oxygen atoms in total. The van der Waals surface area contributed by atoms with E-state index in [2.05, 4.69) is 43.5 Å². The van der Waals surface area contributed by atoms with Gasteiger partial charge in [0.25, 0.3) is 0 Å². The summed E-state index contributed by atoms with van der Waals surface area (Å²) in [6.45, 7) is 4.20. The van der Waals surface area contributed by atoms with Gasteiger partial charge >= 0.3 is 0 Å². The minimum Gasteiger partial charge on any atom is -0.392 e. The number of benzene rings is 1. The van der Waals surface area contributed by atoms with Crippen LogP contribution in [0.25, 0.3) is 0 Å². The van der Waals surface area contributed by atoms with Crippen molar-refractivity contribution in [3.05, 3.63) is 57.3 Å². The van der Waals surface area contributed by atoms with Crippen molar-refractivity contribution in [2.75, 3.05) is 0 Å². The number of hydrogen-bond donors (Lipinski definition) is 1. The van der Waals surface area contributed by atoms with Crippen LogP contribution in [0.5, 0.6) is 0 Å². The van der Waals surface area contributed by atoms with Gasteiger partial charge in [0.2, 0.25) is 0 Å². The summed E-state index contributed by atoms with van der Waals surface area (Å²) in [6.07, 6.45) is 1.21. The van der Waals surface area contributed by atoms with Gasteiger partial charge in [-0.1, -0.05) is 29.8 Å². The fourth-order valence-corrected chi connectivity index (χ4v) is 2.78. The Hall–Kier alpha value is -1.12. The molecule has 0 fully saturated rings. The predicted octanol–water partition coefficient (Wildman–Crippen LogP) is 3.51. The van der Waals surface area contributed by atoms with Gasteiger partial charge in [-0.2, -0.15) is 0 Å². The maximum absolute atomic E-state index is 10.1. The van der Waals surface area contributed by atoms with E-state index in [0.717, 1.165) is 12.8 Å². The van der Waals surface area contributed by atoms with E-state index in [1.807, 2.05) is 6.07 Å². The molecule has 2 heteroatoms. The fraction of sp³-hybridized carbons (Fsp3) is 0.333. The Morgan fingerprint density at radius 1 is 1.18 bits per heavy atom. The van der Waals surface area contributed by atoms with E-state index in [1.165, 1.54) is 21.6 Å². The second kappa shape index (κ2) is 5.48. The van der Waals surface area contributed by atoms with Gasteiger partial charge in [0.15, 0.2) is 0 Å². The zero-order valence-corrected chi connectivity index (χ0v) is 11.1. The first-order valence-corrected chi connectivity index (χ1v) is 6.79. The lowest BCUT2D eigenvalue weighted by Crippen LogP contribution is -2.14. The number of rotatable bonds is 4. The van der Waals surface area contributed by atoms with Crippen molar-refractivity contribution in [1.82, 2.24) is 0 Å². The lowest BCUT2D eigenvalue weighted by atomic mass is 9.99. The fourth-order valence-electron chi connectivity index (χ4n) is 2.01. The smallest absolute Gasteiger partial charge is 0.0628 e. The lowest BCUT2D eigenvalue weighted by molar-refractivity contribution is 0.176. The van der Waals surface area contributed by atoms with Crippen LogP contribution in [0.3, 0.4) is 0 Å². The van der Waals surface area contributed by atoms with Crippen LogP contribution in [0.2, 0.25) is 0 Å². The van der Waals surface area contributed by atoms with E-state index >= 15 is 0 Å². The van der Waals surface area contributed by atoms with Crippen LogP contribution in [-0.2, 0) is 12.8 Å². The molecule has 0 saturated heterocycles. The summed E-state index contributed by atoms with van der Waals surface area (Å²) in [5, 5.41) is 12.2. The Morgan fingerprint density at radius 3 is 2.71 bits per heavy atom. The van der Waals surface area contributed by atoms with Gasteiger partial charge in [-0.3, -0.25) is 0 Å². The summed E-state index contributed by atoms with van der Waals surface area (Å²) in [5.74, 6) is 0. The van der Waals surface area contributed by atoms with Gasteiger partial charge < -0.3 is 5.11 Å². The second-order valence-electron chi connectivity index (χ2n) is 4.57. The highest BCUT2D eigenvalue weighted by Gasteiger charge is 2.09. The Bertz CT molecular complexity index is 474. The van der Waals surface area contributed by atoms with Crippen LogP contribution < -0.4 is 0 Å². The summed E-state index contributed by atoms with van der Waals surface area (Å²) in [5.41, 5.74) is 3.78. The van der Waals surface area contributed by atoms with Crippen LogP contribution in [0.15, 0.2) is 35.7 Å². The van der Waals surface area contributed by atoms with E-state index in [4.69, 9.17) is 0 Å². The molecule has 1 N–H and O–H groups in total. The molecule has 0 saturated carbocycles. The first kappa shape index (κ1) is 12.3. The first-order chi connectivity index (χ1) is 8.15. The quantitative estimate of drug-likeness (QED) is 0.875. The highest BCUT2D eigenvalue weighted by molar-refractivity contribution is 7.09. The number of aliphatic hydroxyl groups excluding tert-OH is 1. The minimum absolute atomic E-state index is 0.283. The molecule has 0 spiro atoms. The van der Waals surface area contributed by atoms with Crippen LogP contribution in [-0.4, -0.2) is 11.2 Å². The van der Waals surface area contributed by atoms with Crippen molar-refractivity contribution in [2.24, 2.45) is 0 Å². The molecule has 1 unspecified atom stereocenters. The topological polar surface area (TPSA) is 20.2 Å². The molecule has 0 amide bonds. The highest BCUT2D eigenvalue weighted by Crippen LogP contribution is 2.17. The third-order valence-corrected chi connectivity index (χ3v) is 3.88. The van der Waals surface area contributed by atoms with E-state index in [0.29, 0.717) is 0 Å². The monoisotopic (exact) mass is 246 g/mol. The Kier molecular flexibility index (Phi) is 3.97. The van der Waals surface area contributed by atoms with Gasteiger partial charge in [-0.25, -0.2) is 0 Å². The maximum Gasteiger partial charge on any atom is 0.0628 e. The maximum atomic E-state index is 10.1. The largest absolute Gasteiger partial charge is 0.392 e. The molecule has 0 bridgehead atoms. The minimum atomic E-state index is -0.283. The Balaban J connectivity index is 2.02. The molecule has 0 aliphatic carbocycles. The van der Waals surface area contributed by atoms with Gasteiger partial charge in [-0.05, 0) is 42.8 Å². The molecular formula is C15H18OS. The summed E-state index contributed by atoms with van der Waals surface area (Å²) < 4.78 is 0. The van der Waals surface area contributed by atoms with E-state index in [-0.39, 0.29) is 6.10 Å². The third-order valence-electron chi connectivity index (χ3n) is 2.98. The molecule has 90 valence electrons. The van der Waals surface area contributed by atoms with E-state index < -0.39 is 0 Å². The summed E-state index contributed by atoms with van der Waals surface area (Å²) >= 11 is 1.71. The number of hydrogen-bond acceptors (Lipinski definition) is 2. The Morgan fingerprint density at radius 2 is 2.00 bits per heavy atom. The second-order valence-corrected chi connectivity index (χ2v) is 5.60. The van der Waals surface area contributed by atoms with Crippen LogP contribution in [0.1, 0.15) is 21.6 Å². The molecule has 0 radical (unpaired) electrons. The molecule has 0 aliphatic rings. The molecule has 2 aromatic rings. The summed E-state index contributed by atoms with van der Waals surface area (Å²) in [6, 6.07) is 10.5. The standard InChI is InChI=1S/C15H18OS/c1-11-5-6-12(2)13(8-11)9-14(16)10-15-4-3-7-17-15/h3-8,14,16H,9-10H2,1-2H3. The normalized spacial score (nSPS) is 12.6. The highest BCUT2D eigenvalue weighted by atomic mass is 32.1. The Labute approximate surface area is 107 Å². The van der Waals surface area contributed by atoms with Crippen LogP contribution in [0.4, 0.5) is 0 Å². The molecule has 0 aliphatic heterocycles. The van der Waals surface area contributed by atoms with Crippen molar-refractivity contribution in [1.29, 1.82) is 0 Å². The van der Waals surface area contributed by atoms with E-state index in [1.54, 1.807) is 11.3 Å². The number of thiophene rings is 1. The van der Waals surface area contributed by atoms with Crippen molar-refractivity contribution in [2.45, 2.75) is 32.8 Å². The first-order valence-electron chi connectivity index (χ1n) is 5.92. The van der Waals surface area contributed by atoms with Crippen molar-refractivity contribution >= 4 is 11.3 Å². The van der Waals surface area contributed by atoms with Crippen LogP contribution in [0, 0.1) is 13.8 Å². The van der Waals surface area contributed by atoms with Crippen molar-refractivity contribution in [3.63, 3.8) is 0 Å². The van der Waals surface area contributed by atoms with E-state index in [9.17, 15) is 5.11 Å². The summed E-state index contributed by atoms with van der Waals surface area (Å²) in [4.78, 5) is 1.25. The van der Waals surface area contributed by atoms with Gasteiger partial charge in [-0.15, -0.1) is 11.3 Å². The average Bonchev–Trinajstić information content (AvgIpc) is 2.76. The van der Waals surface area contributed by atoms with Crippen LogP contribution >= 0.6 is 11.3 Å². The molecule has 17 heavy (non-hydrogen) atoms. The van der Waals surface area contributed by atoms with Crippen molar-refractivity contribution < 1.29 is 5.11 Å². The molecule has 1 heterocycles. The number of aliphatic hydroxyl groups is 1. The summed E-state index contributed by atoms with van der Waals surface area (Å²) in [7, 11) is 0. The van der Waals surface area contributed by atoms with Gasteiger partial charge in [0, 0.05) is 11.3 Å². The zero-order valence-electron chi connectivity index (χ0n) is 10.3. The molecule has 1 aromatic carbocycles. The zero-order chi connectivity index (χ0) is 12.3. The molecule has 1 atom stereocenters. The average molecular weight is 246 g/mol.